The molecular formula is C36H52BClN4O11S. The van der Waals surface area contributed by atoms with Crippen LogP contribution in [0.2, 0.25) is 0 Å². The summed E-state index contributed by atoms with van der Waals surface area (Å²) in [6, 6.07) is 13.4. The van der Waals surface area contributed by atoms with Crippen molar-refractivity contribution in [2.45, 2.75) is 51.0 Å². The van der Waals surface area contributed by atoms with Crippen molar-refractivity contribution in [2.24, 2.45) is 5.10 Å². The molecule has 2 heterocycles. The van der Waals surface area contributed by atoms with E-state index < -0.39 is 28.8 Å². The number of carbonyl (C=O) groups is 1. The summed E-state index contributed by atoms with van der Waals surface area (Å²) in [5, 5.41) is 25.2. The molecule has 54 heavy (non-hydrogen) atoms. The maximum atomic E-state index is 12.1. The summed E-state index contributed by atoms with van der Waals surface area (Å²) in [6.07, 6.45) is -0.445. The quantitative estimate of drug-likeness (QED) is 0.174. The molecule has 3 aromatic carbocycles. The first-order valence-electron chi connectivity index (χ1n) is 16.7. The molecule has 0 spiro atoms. The van der Waals surface area contributed by atoms with Gasteiger partial charge in [-0.05, 0) is 94.3 Å². The predicted octanol–water partition coefficient (Wildman–Crippen LogP) is 3.39. The molecule has 0 saturated carbocycles. The van der Waals surface area contributed by atoms with Crippen LogP contribution in [-0.4, -0.2) is 110 Å². The molecule has 298 valence electrons. The average Bonchev–Trinajstić information content (AvgIpc) is 3.06. The fraction of sp³-hybridized carbons (Fsp3) is 0.444. The second-order valence-electron chi connectivity index (χ2n) is 13.1. The number of ether oxygens (including phenoxy) is 6. The number of benzene rings is 3. The van der Waals surface area contributed by atoms with Gasteiger partial charge in [0, 0.05) is 30.0 Å². The number of hydrogen-bond donors (Lipinski definition) is 4. The second kappa shape index (κ2) is 20.3. The minimum atomic E-state index is -3.75. The number of carbonyl (C=O) groups excluding carboxylic acids is 1. The molecule has 3 aromatic rings. The molecule has 0 atom stereocenters. The van der Waals surface area contributed by atoms with Gasteiger partial charge in [0.1, 0.15) is 34.3 Å². The van der Waals surface area contributed by atoms with Crippen LogP contribution in [0.3, 0.4) is 0 Å². The Morgan fingerprint density at radius 1 is 0.833 bits per heavy atom. The zero-order valence-electron chi connectivity index (χ0n) is 32.4. The highest BCUT2D eigenvalue weighted by Gasteiger charge is 2.31. The van der Waals surface area contributed by atoms with Crippen molar-refractivity contribution in [3.63, 3.8) is 0 Å². The van der Waals surface area contributed by atoms with Crippen molar-refractivity contribution in [1.82, 2.24) is 15.0 Å². The molecular weight excluding hydrogens is 743 g/mol. The molecule has 5 rings (SSSR count). The number of nitrogens with one attached hydrogen (secondary N) is 2. The van der Waals surface area contributed by atoms with Gasteiger partial charge in [0.15, 0.2) is 0 Å². The van der Waals surface area contributed by atoms with Gasteiger partial charge >= 0.3 is 13.2 Å². The number of nitrogens with zero attached hydrogens (tertiary/aromatic N) is 2. The number of methoxy groups -OCH3 is 5. The largest absolute Gasteiger partial charge is 0.497 e. The van der Waals surface area contributed by atoms with Gasteiger partial charge in [-0.1, -0.05) is 0 Å². The van der Waals surface area contributed by atoms with E-state index >= 15 is 0 Å². The Morgan fingerprint density at radius 3 is 1.80 bits per heavy atom. The molecule has 2 saturated heterocycles. The van der Waals surface area contributed by atoms with Crippen LogP contribution in [0.5, 0.6) is 28.7 Å². The fourth-order valence-electron chi connectivity index (χ4n) is 5.03. The molecule has 15 nitrogen and oxygen atoms in total. The van der Waals surface area contributed by atoms with Gasteiger partial charge < -0.3 is 43.8 Å². The Balaban J connectivity index is 0.000000292. The number of aryl methyl sites for hydroxylation is 2. The Bertz CT molecular complexity index is 1830. The van der Waals surface area contributed by atoms with Crippen LogP contribution < -0.4 is 39.3 Å². The first-order valence-corrected chi connectivity index (χ1v) is 18.2. The lowest BCUT2D eigenvalue weighted by Crippen LogP contribution is -2.52. The zero-order chi connectivity index (χ0) is 39.5. The number of sulfonamides is 1. The topological polar surface area (TPSA) is 187 Å². The molecule has 0 aromatic heterocycles. The fourth-order valence-corrected chi connectivity index (χ4v) is 5.88. The highest BCUT2D eigenvalue weighted by molar-refractivity contribution is 7.89. The number of hydrazone groups is 1. The molecule has 2 aliphatic rings. The highest BCUT2D eigenvalue weighted by atomic mass is 35.5. The van der Waals surface area contributed by atoms with Crippen LogP contribution in [-0.2, 0) is 14.8 Å². The maximum Gasteiger partial charge on any atom is 0.492 e. The van der Waals surface area contributed by atoms with E-state index in [0.717, 1.165) is 35.7 Å². The molecule has 4 N–H and O–H groups in total. The minimum Gasteiger partial charge on any atom is -0.497 e. The average molecular weight is 795 g/mol. The summed E-state index contributed by atoms with van der Waals surface area (Å²) in [5.74, 6) is 4.09. The van der Waals surface area contributed by atoms with Crippen LogP contribution >= 0.6 is 12.4 Å². The van der Waals surface area contributed by atoms with Crippen LogP contribution in [0.25, 0.3) is 0 Å². The number of rotatable bonds is 10. The number of halogens is 1. The van der Waals surface area contributed by atoms with Gasteiger partial charge in [0.25, 0.3) is 10.0 Å². The smallest absolute Gasteiger partial charge is 0.492 e. The molecule has 0 bridgehead atoms. The molecule has 0 unspecified atom stereocenters. The van der Waals surface area contributed by atoms with Crippen molar-refractivity contribution < 1.29 is 51.7 Å². The normalized spacial score (nSPS) is 13.5. The lowest BCUT2D eigenvalue weighted by molar-refractivity contribution is 0.0264. The van der Waals surface area contributed by atoms with E-state index in [1.165, 1.54) is 43.9 Å². The Morgan fingerprint density at radius 2 is 1.35 bits per heavy atom. The van der Waals surface area contributed by atoms with Gasteiger partial charge in [-0.15, -0.1) is 12.4 Å². The van der Waals surface area contributed by atoms with Crippen LogP contribution in [0.15, 0.2) is 58.5 Å². The maximum absolute atomic E-state index is 12.1. The van der Waals surface area contributed by atoms with E-state index in [0.29, 0.717) is 34.3 Å². The third-order valence-corrected chi connectivity index (χ3v) is 9.31. The number of hydrogen-bond acceptors (Lipinski definition) is 13. The summed E-state index contributed by atoms with van der Waals surface area (Å²) in [5.41, 5.74) is 3.53. The van der Waals surface area contributed by atoms with Gasteiger partial charge in [-0.3, -0.25) is 4.90 Å². The molecule has 2 aliphatic heterocycles. The van der Waals surface area contributed by atoms with Crippen LogP contribution in [0, 0.1) is 13.8 Å². The minimum absolute atomic E-state index is 0. The van der Waals surface area contributed by atoms with E-state index in [1.54, 1.807) is 59.3 Å². The number of likely N-dealkylation sites (tertiary alicyclic amines) is 1. The molecule has 2 fully saturated rings. The van der Waals surface area contributed by atoms with Crippen molar-refractivity contribution in [1.29, 1.82) is 0 Å². The third kappa shape index (κ3) is 12.6. The Kier molecular flexibility index (Phi) is 17.2. The molecule has 18 heteroatoms. The second-order valence-corrected chi connectivity index (χ2v) is 14.8. The summed E-state index contributed by atoms with van der Waals surface area (Å²) >= 11 is 0. The van der Waals surface area contributed by atoms with Crippen molar-refractivity contribution in [2.75, 3.05) is 61.7 Å². The first kappa shape index (κ1) is 45.7. The number of amides is 1. The van der Waals surface area contributed by atoms with E-state index in [-0.39, 0.29) is 30.4 Å². The van der Waals surface area contributed by atoms with Crippen molar-refractivity contribution >= 4 is 46.8 Å². The SMILES string of the molecule is COc1cc(B(O)O)c(OC)cc1C.COc1cc(C2CNC2)c(OC)cc1C.COc1ccc(S(=O)(=O)NN=C2CN(C(=O)OC(C)(C)C)C2)cc1.Cl. The van der Waals surface area contributed by atoms with Gasteiger partial charge in [-0.25, -0.2) is 4.79 Å². The van der Waals surface area contributed by atoms with Crippen molar-refractivity contribution in [3.05, 3.63) is 65.2 Å². The Hall–Kier alpha value is -4.42. The van der Waals surface area contributed by atoms with E-state index in [2.05, 4.69) is 21.3 Å². The standard InChI is InChI=1S/C15H21N3O5S.C12H17NO2.C9H13BO4.ClH/c1-15(2,3)23-14(19)18-9-11(10-18)16-17-24(20,21)13-7-5-12(22-4)6-8-13;1-8-4-12(15-3)10(5-11(8)14-2)9-6-13-7-9;1-6-4-9(14-3)7(10(11)12)5-8(6)13-2;/h5-8,17H,9-10H2,1-4H3;4-5,9,13H,6-7H2,1-3H3;4-5,11-12H,1-3H3;1H. The van der Waals surface area contributed by atoms with E-state index in [1.807, 2.05) is 19.9 Å². The van der Waals surface area contributed by atoms with Gasteiger partial charge in [0.2, 0.25) is 0 Å². The van der Waals surface area contributed by atoms with Gasteiger partial charge in [0.05, 0.1) is 59.2 Å². The molecule has 0 aliphatic carbocycles. The van der Waals surface area contributed by atoms with Crippen molar-refractivity contribution in [3.8, 4) is 28.7 Å². The van der Waals surface area contributed by atoms with Crippen LogP contribution in [0.1, 0.15) is 43.4 Å². The summed E-state index contributed by atoms with van der Waals surface area (Å²) in [7, 11) is 2.63. The Labute approximate surface area is 324 Å². The summed E-state index contributed by atoms with van der Waals surface area (Å²) < 4.78 is 55.2. The highest BCUT2D eigenvalue weighted by Crippen LogP contribution is 2.35. The zero-order valence-corrected chi connectivity index (χ0v) is 34.0. The monoisotopic (exact) mass is 794 g/mol. The van der Waals surface area contributed by atoms with E-state index in [4.69, 9.17) is 38.5 Å². The first-order chi connectivity index (χ1) is 25.0. The lowest BCUT2D eigenvalue weighted by atomic mass is 9.79. The van der Waals surface area contributed by atoms with E-state index in [9.17, 15) is 13.2 Å². The third-order valence-electron chi connectivity index (χ3n) is 8.09. The van der Waals surface area contributed by atoms with Crippen LogP contribution in [0.4, 0.5) is 4.79 Å². The molecule has 1 amide bonds. The van der Waals surface area contributed by atoms with Gasteiger partial charge in [-0.2, -0.15) is 18.4 Å². The predicted molar refractivity (Wildman–Crippen MR) is 210 cm³/mol. The lowest BCUT2D eigenvalue weighted by Gasteiger charge is -2.34. The summed E-state index contributed by atoms with van der Waals surface area (Å²) in [6.45, 7) is 11.8. The summed E-state index contributed by atoms with van der Waals surface area (Å²) in [4.78, 5) is 15.4. The molecule has 0 radical (unpaired) electrons.